The molecule has 1 atom stereocenters. The molecule has 0 aromatic heterocycles. The first-order valence-corrected chi connectivity index (χ1v) is 9.58. The van der Waals surface area contributed by atoms with Crippen LogP contribution >= 0.6 is 0 Å². The van der Waals surface area contributed by atoms with E-state index in [1.807, 2.05) is 48.5 Å². The van der Waals surface area contributed by atoms with Crippen LogP contribution in [-0.4, -0.2) is 35.2 Å². The van der Waals surface area contributed by atoms with Crippen LogP contribution in [-0.2, 0) is 27.3 Å². The maximum Gasteiger partial charge on any atom is 0.247 e. The van der Waals surface area contributed by atoms with Crippen molar-refractivity contribution in [3.05, 3.63) is 59.7 Å². The number of hydrogen-bond donors (Lipinski definition) is 1. The molecule has 2 aliphatic heterocycles. The molecule has 1 fully saturated rings. The maximum atomic E-state index is 12.9. The molecule has 2 heterocycles. The van der Waals surface area contributed by atoms with Gasteiger partial charge in [0.05, 0.1) is 0 Å². The van der Waals surface area contributed by atoms with Crippen LogP contribution in [0.4, 0.5) is 11.4 Å². The van der Waals surface area contributed by atoms with E-state index in [9.17, 15) is 14.4 Å². The van der Waals surface area contributed by atoms with Crippen molar-refractivity contribution in [1.29, 1.82) is 0 Å². The Morgan fingerprint density at radius 3 is 2.64 bits per heavy atom. The number of likely N-dealkylation sites (tertiary alicyclic amines) is 1. The minimum Gasteiger partial charge on any atom is -0.326 e. The molecule has 1 unspecified atom stereocenters. The third-order valence-electron chi connectivity index (χ3n) is 5.46. The fourth-order valence-corrected chi connectivity index (χ4v) is 3.99. The van der Waals surface area contributed by atoms with E-state index >= 15 is 0 Å². The van der Waals surface area contributed by atoms with Gasteiger partial charge in [0.1, 0.15) is 6.04 Å². The Hall–Kier alpha value is -3.15. The minimum absolute atomic E-state index is 0.000659. The molecular weight excluding hydrogens is 354 g/mol. The van der Waals surface area contributed by atoms with Gasteiger partial charge in [-0.1, -0.05) is 36.4 Å². The summed E-state index contributed by atoms with van der Waals surface area (Å²) >= 11 is 0. The van der Waals surface area contributed by atoms with E-state index in [-0.39, 0.29) is 17.7 Å². The van der Waals surface area contributed by atoms with E-state index in [4.69, 9.17) is 0 Å². The summed E-state index contributed by atoms with van der Waals surface area (Å²) in [6, 6.07) is 14.9. The zero-order chi connectivity index (χ0) is 19.7. The van der Waals surface area contributed by atoms with E-state index in [2.05, 4.69) is 5.32 Å². The van der Waals surface area contributed by atoms with E-state index in [1.165, 1.54) is 0 Å². The van der Waals surface area contributed by atoms with Gasteiger partial charge in [-0.25, -0.2) is 0 Å². The highest BCUT2D eigenvalue weighted by Crippen LogP contribution is 2.31. The van der Waals surface area contributed by atoms with Gasteiger partial charge in [-0.05, 0) is 36.1 Å². The Bertz CT molecular complexity index is 926. The molecule has 0 radical (unpaired) electrons. The Balaban J connectivity index is 1.49. The van der Waals surface area contributed by atoms with Crippen molar-refractivity contribution < 1.29 is 14.4 Å². The van der Waals surface area contributed by atoms with Gasteiger partial charge >= 0.3 is 0 Å². The van der Waals surface area contributed by atoms with Gasteiger partial charge in [0, 0.05) is 37.8 Å². The van der Waals surface area contributed by atoms with Crippen LogP contribution in [0, 0.1) is 0 Å². The van der Waals surface area contributed by atoms with Crippen LogP contribution in [0.1, 0.15) is 30.9 Å². The molecule has 144 valence electrons. The number of carbonyl (C=O) groups is 3. The lowest BCUT2D eigenvalue weighted by Crippen LogP contribution is -2.41. The van der Waals surface area contributed by atoms with Crippen molar-refractivity contribution in [3.63, 3.8) is 0 Å². The molecule has 0 spiro atoms. The van der Waals surface area contributed by atoms with Crippen LogP contribution in [0.5, 0.6) is 0 Å². The topological polar surface area (TPSA) is 69.7 Å². The average Bonchev–Trinajstić information content (AvgIpc) is 3.26. The SMILES string of the molecule is CC(=O)N1CCc2ccc(NC(=O)C3CCC(=O)N3Cc3ccccc3)cc21. The normalized spacial score (nSPS) is 18.3. The molecule has 2 aromatic rings. The number of fused-ring (bicyclic) bond motifs is 1. The second-order valence-corrected chi connectivity index (χ2v) is 7.32. The van der Waals surface area contributed by atoms with Gasteiger partial charge in [-0.3, -0.25) is 14.4 Å². The van der Waals surface area contributed by atoms with Crippen molar-refractivity contribution in [2.24, 2.45) is 0 Å². The van der Waals surface area contributed by atoms with Crippen molar-refractivity contribution in [1.82, 2.24) is 4.90 Å². The summed E-state index contributed by atoms with van der Waals surface area (Å²) in [7, 11) is 0. The fraction of sp³-hybridized carbons (Fsp3) is 0.318. The highest BCUT2D eigenvalue weighted by molar-refractivity contribution is 6.00. The molecular formula is C22H23N3O3. The fourth-order valence-electron chi connectivity index (χ4n) is 3.99. The average molecular weight is 377 g/mol. The van der Waals surface area contributed by atoms with Gasteiger partial charge in [-0.2, -0.15) is 0 Å². The second-order valence-electron chi connectivity index (χ2n) is 7.32. The number of nitrogens with one attached hydrogen (secondary N) is 1. The molecule has 4 rings (SSSR count). The van der Waals surface area contributed by atoms with Crippen LogP contribution < -0.4 is 10.2 Å². The molecule has 1 N–H and O–H groups in total. The summed E-state index contributed by atoms with van der Waals surface area (Å²) in [6.45, 7) is 2.65. The molecule has 6 heteroatoms. The van der Waals surface area contributed by atoms with E-state index in [0.29, 0.717) is 31.6 Å². The molecule has 0 saturated carbocycles. The summed E-state index contributed by atoms with van der Waals surface area (Å²) in [5.41, 5.74) is 3.62. The number of hydrogen-bond acceptors (Lipinski definition) is 3. The Morgan fingerprint density at radius 2 is 1.89 bits per heavy atom. The standard InChI is InChI=1S/C22H23N3O3/c1-15(26)24-12-11-17-7-8-18(13-20(17)24)23-22(28)19-9-10-21(27)25(19)14-16-5-3-2-4-6-16/h2-8,13,19H,9-12,14H2,1H3,(H,23,28). The van der Waals surface area contributed by atoms with Crippen molar-refractivity contribution in [3.8, 4) is 0 Å². The van der Waals surface area contributed by atoms with E-state index < -0.39 is 6.04 Å². The number of nitrogens with zero attached hydrogens (tertiary/aromatic N) is 2. The summed E-state index contributed by atoms with van der Waals surface area (Å²) in [6.07, 6.45) is 1.72. The molecule has 28 heavy (non-hydrogen) atoms. The summed E-state index contributed by atoms with van der Waals surface area (Å²) in [5, 5.41) is 2.94. The first kappa shape index (κ1) is 18.2. The van der Waals surface area contributed by atoms with E-state index in [0.717, 1.165) is 23.2 Å². The van der Waals surface area contributed by atoms with Crippen LogP contribution in [0.3, 0.4) is 0 Å². The quantitative estimate of drug-likeness (QED) is 0.891. The Labute approximate surface area is 164 Å². The molecule has 0 bridgehead atoms. The number of benzene rings is 2. The van der Waals surface area contributed by atoms with Gasteiger partial charge < -0.3 is 15.1 Å². The molecule has 1 saturated heterocycles. The minimum atomic E-state index is -0.482. The van der Waals surface area contributed by atoms with E-state index in [1.54, 1.807) is 16.7 Å². The third kappa shape index (κ3) is 3.50. The van der Waals surface area contributed by atoms with Crippen molar-refractivity contribution in [2.45, 2.75) is 38.8 Å². The smallest absolute Gasteiger partial charge is 0.247 e. The first-order chi connectivity index (χ1) is 13.5. The van der Waals surface area contributed by atoms with Crippen LogP contribution in [0.15, 0.2) is 48.5 Å². The maximum absolute atomic E-state index is 12.9. The third-order valence-corrected chi connectivity index (χ3v) is 5.46. The number of amides is 3. The highest BCUT2D eigenvalue weighted by Gasteiger charge is 2.36. The zero-order valence-electron chi connectivity index (χ0n) is 15.9. The largest absolute Gasteiger partial charge is 0.326 e. The summed E-state index contributed by atoms with van der Waals surface area (Å²) < 4.78 is 0. The number of carbonyl (C=O) groups excluding carboxylic acids is 3. The number of rotatable bonds is 4. The zero-order valence-corrected chi connectivity index (χ0v) is 15.9. The summed E-state index contributed by atoms with van der Waals surface area (Å²) in [4.78, 5) is 40.4. The lowest BCUT2D eigenvalue weighted by atomic mass is 10.1. The highest BCUT2D eigenvalue weighted by atomic mass is 16.2. The summed E-state index contributed by atoms with van der Waals surface area (Å²) in [5.74, 6) is -0.188. The molecule has 3 amide bonds. The Kier molecular flexibility index (Phi) is 4.86. The van der Waals surface area contributed by atoms with Gasteiger partial charge in [-0.15, -0.1) is 0 Å². The van der Waals surface area contributed by atoms with Crippen LogP contribution in [0.25, 0.3) is 0 Å². The lowest BCUT2D eigenvalue weighted by Gasteiger charge is -2.24. The lowest BCUT2D eigenvalue weighted by molar-refractivity contribution is -0.133. The predicted octanol–water partition coefficient (Wildman–Crippen LogP) is 2.73. The second kappa shape index (κ2) is 7.46. The Morgan fingerprint density at radius 1 is 1.11 bits per heavy atom. The first-order valence-electron chi connectivity index (χ1n) is 9.58. The predicted molar refractivity (Wildman–Crippen MR) is 107 cm³/mol. The van der Waals surface area contributed by atoms with Crippen LogP contribution in [0.2, 0.25) is 0 Å². The van der Waals surface area contributed by atoms with Crippen molar-refractivity contribution >= 4 is 29.1 Å². The molecule has 2 aromatic carbocycles. The monoisotopic (exact) mass is 377 g/mol. The molecule has 2 aliphatic rings. The number of anilines is 2. The molecule has 6 nitrogen and oxygen atoms in total. The van der Waals surface area contributed by atoms with Gasteiger partial charge in [0.2, 0.25) is 17.7 Å². The van der Waals surface area contributed by atoms with Gasteiger partial charge in [0.25, 0.3) is 0 Å². The van der Waals surface area contributed by atoms with Crippen molar-refractivity contribution in [2.75, 3.05) is 16.8 Å². The molecule has 0 aliphatic carbocycles. The van der Waals surface area contributed by atoms with Gasteiger partial charge in [0.15, 0.2) is 0 Å².